The summed E-state index contributed by atoms with van der Waals surface area (Å²) in [7, 11) is 0. The molecule has 0 saturated carbocycles. The minimum absolute atomic E-state index is 0.692. The van der Waals surface area contributed by atoms with Crippen molar-refractivity contribution in [1.29, 1.82) is 0 Å². The van der Waals surface area contributed by atoms with Gasteiger partial charge in [0.1, 0.15) is 0 Å². The summed E-state index contributed by atoms with van der Waals surface area (Å²) in [6.07, 6.45) is 1.20. The Kier molecular flexibility index (Phi) is 4.86. The molecule has 1 aromatic rings. The molecule has 2 rings (SSSR count). The van der Waals surface area contributed by atoms with Crippen LogP contribution >= 0.6 is 27.5 Å². The lowest BCUT2D eigenvalue weighted by molar-refractivity contribution is 0.137. The van der Waals surface area contributed by atoms with Crippen molar-refractivity contribution in [2.45, 2.75) is 25.9 Å². The van der Waals surface area contributed by atoms with E-state index in [1.54, 1.807) is 0 Å². The molecule has 1 N–H and O–H groups in total. The Morgan fingerprint density at radius 2 is 2.24 bits per heavy atom. The number of halogens is 2. The van der Waals surface area contributed by atoms with Crippen LogP contribution in [0.25, 0.3) is 0 Å². The van der Waals surface area contributed by atoms with E-state index in [-0.39, 0.29) is 0 Å². The zero-order chi connectivity index (χ0) is 12.3. The van der Waals surface area contributed by atoms with E-state index in [0.29, 0.717) is 6.04 Å². The van der Waals surface area contributed by atoms with Crippen LogP contribution in [0.4, 0.5) is 0 Å². The van der Waals surface area contributed by atoms with E-state index in [1.165, 1.54) is 12.0 Å². The summed E-state index contributed by atoms with van der Waals surface area (Å²) in [5.41, 5.74) is 1.31. The van der Waals surface area contributed by atoms with Gasteiger partial charge in [0, 0.05) is 35.2 Å². The van der Waals surface area contributed by atoms with Crippen LogP contribution in [-0.4, -0.2) is 30.6 Å². The number of benzene rings is 1. The van der Waals surface area contributed by atoms with E-state index in [4.69, 9.17) is 11.6 Å². The highest BCUT2D eigenvalue weighted by Crippen LogP contribution is 2.24. The lowest BCUT2D eigenvalue weighted by Crippen LogP contribution is -2.57. The highest BCUT2D eigenvalue weighted by atomic mass is 79.9. The Bertz CT molecular complexity index is 380. The zero-order valence-electron chi connectivity index (χ0n) is 10.0. The average Bonchev–Trinajstić information content (AvgIpc) is 2.20. The third kappa shape index (κ3) is 3.44. The monoisotopic (exact) mass is 316 g/mol. The molecule has 2 nitrogen and oxygen atoms in total. The van der Waals surface area contributed by atoms with Crippen molar-refractivity contribution >= 4 is 27.5 Å². The van der Waals surface area contributed by atoms with Crippen LogP contribution < -0.4 is 5.32 Å². The molecule has 1 fully saturated rings. The quantitative estimate of drug-likeness (QED) is 0.896. The standard InChI is InChI=1S/C13H18BrClN2/c1-2-5-17(12-7-16-8-12)9-10-3-4-11(15)6-13(10)14/h3-4,6,12,16H,2,5,7-9H2,1H3. The molecule has 0 atom stereocenters. The van der Waals surface area contributed by atoms with Crippen LogP contribution in [-0.2, 0) is 6.54 Å². The molecular weight excluding hydrogens is 300 g/mol. The summed E-state index contributed by atoms with van der Waals surface area (Å²) in [6, 6.07) is 6.74. The van der Waals surface area contributed by atoms with Crippen LogP contribution in [0.1, 0.15) is 18.9 Å². The summed E-state index contributed by atoms with van der Waals surface area (Å²) in [5, 5.41) is 4.12. The fraction of sp³-hybridized carbons (Fsp3) is 0.538. The van der Waals surface area contributed by atoms with Crippen LogP contribution in [0.2, 0.25) is 5.02 Å². The Morgan fingerprint density at radius 3 is 2.76 bits per heavy atom. The molecule has 94 valence electrons. The van der Waals surface area contributed by atoms with Gasteiger partial charge < -0.3 is 5.32 Å². The summed E-state index contributed by atoms with van der Waals surface area (Å²) in [4.78, 5) is 2.55. The van der Waals surface area contributed by atoms with Crippen LogP contribution in [0.5, 0.6) is 0 Å². The van der Waals surface area contributed by atoms with Gasteiger partial charge in [0.15, 0.2) is 0 Å². The van der Waals surface area contributed by atoms with Crippen LogP contribution in [0.3, 0.4) is 0 Å². The molecule has 1 aliphatic rings. The van der Waals surface area contributed by atoms with Gasteiger partial charge in [-0.25, -0.2) is 0 Å². The fourth-order valence-electron chi connectivity index (χ4n) is 2.08. The van der Waals surface area contributed by atoms with Gasteiger partial charge in [-0.1, -0.05) is 40.5 Å². The maximum Gasteiger partial charge on any atom is 0.0417 e. The molecule has 1 heterocycles. The third-order valence-electron chi connectivity index (χ3n) is 3.18. The molecular formula is C13H18BrClN2. The molecule has 1 saturated heterocycles. The molecule has 0 amide bonds. The van der Waals surface area contributed by atoms with Gasteiger partial charge in [-0.05, 0) is 30.7 Å². The second-order valence-corrected chi connectivity index (χ2v) is 5.81. The van der Waals surface area contributed by atoms with Crippen molar-refractivity contribution in [2.24, 2.45) is 0 Å². The van der Waals surface area contributed by atoms with Crippen LogP contribution in [0, 0.1) is 0 Å². The van der Waals surface area contributed by atoms with E-state index in [9.17, 15) is 0 Å². The molecule has 0 unspecified atom stereocenters. The zero-order valence-corrected chi connectivity index (χ0v) is 12.4. The van der Waals surface area contributed by atoms with Gasteiger partial charge in [-0.3, -0.25) is 4.90 Å². The Morgan fingerprint density at radius 1 is 1.47 bits per heavy atom. The average molecular weight is 318 g/mol. The first-order chi connectivity index (χ1) is 8.20. The highest BCUT2D eigenvalue weighted by Gasteiger charge is 2.24. The van der Waals surface area contributed by atoms with E-state index in [2.05, 4.69) is 39.1 Å². The molecule has 0 bridgehead atoms. The lowest BCUT2D eigenvalue weighted by atomic mass is 10.1. The number of rotatable bonds is 5. The fourth-order valence-corrected chi connectivity index (χ4v) is 2.89. The first-order valence-corrected chi connectivity index (χ1v) is 7.26. The Labute approximate surface area is 116 Å². The Balaban J connectivity index is 2.05. The highest BCUT2D eigenvalue weighted by molar-refractivity contribution is 9.10. The van der Waals surface area contributed by atoms with E-state index >= 15 is 0 Å². The Hall–Kier alpha value is -0.0900. The predicted octanol–water partition coefficient (Wildman–Crippen LogP) is 3.29. The molecule has 0 radical (unpaired) electrons. The molecule has 0 spiro atoms. The molecule has 1 aliphatic heterocycles. The predicted molar refractivity (Wildman–Crippen MR) is 76.5 cm³/mol. The van der Waals surface area contributed by atoms with Crippen molar-refractivity contribution in [3.8, 4) is 0 Å². The van der Waals surface area contributed by atoms with Crippen molar-refractivity contribution < 1.29 is 0 Å². The maximum atomic E-state index is 5.96. The molecule has 0 aromatic heterocycles. The molecule has 17 heavy (non-hydrogen) atoms. The third-order valence-corrected chi connectivity index (χ3v) is 4.15. The SMILES string of the molecule is CCCN(Cc1ccc(Cl)cc1Br)C1CNC1. The molecule has 0 aliphatic carbocycles. The summed E-state index contributed by atoms with van der Waals surface area (Å²) < 4.78 is 1.11. The maximum absolute atomic E-state index is 5.96. The second-order valence-electron chi connectivity index (χ2n) is 4.52. The molecule has 4 heteroatoms. The van der Waals surface area contributed by atoms with Crippen LogP contribution in [0.15, 0.2) is 22.7 Å². The van der Waals surface area contributed by atoms with Crippen molar-refractivity contribution in [1.82, 2.24) is 10.2 Å². The summed E-state index contributed by atoms with van der Waals surface area (Å²) in [6.45, 7) is 6.62. The van der Waals surface area contributed by atoms with Gasteiger partial charge in [0.05, 0.1) is 0 Å². The number of hydrogen-bond acceptors (Lipinski definition) is 2. The second kappa shape index (κ2) is 6.19. The van der Waals surface area contributed by atoms with Gasteiger partial charge >= 0.3 is 0 Å². The van der Waals surface area contributed by atoms with Gasteiger partial charge in [-0.2, -0.15) is 0 Å². The normalized spacial score (nSPS) is 16.2. The minimum Gasteiger partial charge on any atom is -0.314 e. The smallest absolute Gasteiger partial charge is 0.0417 e. The largest absolute Gasteiger partial charge is 0.314 e. The van der Waals surface area contributed by atoms with E-state index < -0.39 is 0 Å². The van der Waals surface area contributed by atoms with E-state index in [1.807, 2.05) is 12.1 Å². The summed E-state index contributed by atoms with van der Waals surface area (Å²) >= 11 is 9.55. The van der Waals surface area contributed by atoms with Crippen molar-refractivity contribution in [3.63, 3.8) is 0 Å². The molecule has 1 aromatic carbocycles. The lowest BCUT2D eigenvalue weighted by Gasteiger charge is -2.38. The number of nitrogens with one attached hydrogen (secondary N) is 1. The van der Waals surface area contributed by atoms with Crippen molar-refractivity contribution in [2.75, 3.05) is 19.6 Å². The van der Waals surface area contributed by atoms with Gasteiger partial charge in [0.2, 0.25) is 0 Å². The van der Waals surface area contributed by atoms with Crippen molar-refractivity contribution in [3.05, 3.63) is 33.3 Å². The first-order valence-electron chi connectivity index (χ1n) is 6.09. The van der Waals surface area contributed by atoms with Gasteiger partial charge in [0.25, 0.3) is 0 Å². The summed E-state index contributed by atoms with van der Waals surface area (Å²) in [5.74, 6) is 0. The minimum atomic E-state index is 0.692. The first kappa shape index (κ1) is 13.3. The topological polar surface area (TPSA) is 15.3 Å². The van der Waals surface area contributed by atoms with Gasteiger partial charge in [-0.15, -0.1) is 0 Å². The number of nitrogens with zero attached hydrogens (tertiary/aromatic N) is 1. The number of hydrogen-bond donors (Lipinski definition) is 1. The van der Waals surface area contributed by atoms with E-state index in [0.717, 1.165) is 35.7 Å².